The molecule has 1 N–H and O–H groups in total. The highest BCUT2D eigenvalue weighted by atomic mass is 32.1. The van der Waals surface area contributed by atoms with Crippen molar-refractivity contribution in [3.63, 3.8) is 0 Å². The normalized spacial score (nSPS) is 10.6. The number of hydrogen-bond acceptors (Lipinski definition) is 3. The van der Waals surface area contributed by atoms with Crippen molar-refractivity contribution in [3.05, 3.63) is 95.4 Å². The Morgan fingerprint density at radius 2 is 1.33 bits per heavy atom. The van der Waals surface area contributed by atoms with Crippen molar-refractivity contribution < 1.29 is 4.79 Å². The number of carbonyl (C=O) groups excluding carboxylic acids is 1. The molecule has 0 unspecified atom stereocenters. The number of aromatic nitrogens is 1. The fourth-order valence-electron chi connectivity index (χ4n) is 2.93. The first kappa shape index (κ1) is 17.2. The van der Waals surface area contributed by atoms with Gasteiger partial charge in [-0.2, -0.15) is 0 Å². The number of aryl methyl sites for hydroxylation is 1. The summed E-state index contributed by atoms with van der Waals surface area (Å²) in [6, 6.07) is 27.7. The fourth-order valence-corrected chi connectivity index (χ4v) is 3.76. The highest BCUT2D eigenvalue weighted by molar-refractivity contribution is 7.16. The molecule has 0 atom stereocenters. The van der Waals surface area contributed by atoms with Crippen LogP contribution in [0.2, 0.25) is 0 Å². The number of rotatable bonds is 4. The number of carbonyl (C=O) groups is 1. The van der Waals surface area contributed by atoms with Crippen LogP contribution < -0.4 is 5.32 Å². The van der Waals surface area contributed by atoms with Gasteiger partial charge in [-0.3, -0.25) is 10.1 Å². The molecule has 0 fully saturated rings. The Morgan fingerprint density at radius 1 is 0.778 bits per heavy atom. The number of nitrogens with zero attached hydrogens (tertiary/aromatic N) is 1. The third-order valence-electron chi connectivity index (χ3n) is 4.32. The Hall–Kier alpha value is -3.24. The molecule has 1 aromatic heterocycles. The van der Waals surface area contributed by atoms with Gasteiger partial charge in [-0.05, 0) is 30.2 Å². The molecule has 1 amide bonds. The zero-order valence-corrected chi connectivity index (χ0v) is 15.7. The summed E-state index contributed by atoms with van der Waals surface area (Å²) in [5.74, 6) is -0.150. The second-order valence-corrected chi connectivity index (χ2v) is 7.39. The van der Waals surface area contributed by atoms with Crippen molar-refractivity contribution in [2.45, 2.75) is 6.92 Å². The van der Waals surface area contributed by atoms with E-state index in [-0.39, 0.29) is 5.91 Å². The molecule has 0 aliphatic rings. The first-order chi connectivity index (χ1) is 13.2. The van der Waals surface area contributed by atoms with Gasteiger partial charge < -0.3 is 0 Å². The van der Waals surface area contributed by atoms with E-state index in [0.717, 1.165) is 27.3 Å². The van der Waals surface area contributed by atoms with Gasteiger partial charge in [0.1, 0.15) is 0 Å². The first-order valence-corrected chi connectivity index (χ1v) is 9.52. The zero-order valence-electron chi connectivity index (χ0n) is 14.8. The molecule has 1 heterocycles. The van der Waals surface area contributed by atoms with Crippen LogP contribution in [0.15, 0.2) is 84.9 Å². The Balaban J connectivity index is 1.51. The molecular weight excluding hydrogens is 352 g/mol. The average molecular weight is 370 g/mol. The van der Waals surface area contributed by atoms with Crippen LogP contribution in [0, 0.1) is 6.92 Å². The third kappa shape index (κ3) is 3.81. The van der Waals surface area contributed by atoms with E-state index in [1.807, 2.05) is 79.7 Å². The molecule has 0 saturated carbocycles. The number of hydrogen-bond donors (Lipinski definition) is 1. The molecule has 4 heteroatoms. The van der Waals surface area contributed by atoms with Crippen molar-refractivity contribution in [3.8, 4) is 22.4 Å². The van der Waals surface area contributed by atoms with Gasteiger partial charge in [-0.1, -0.05) is 72.8 Å². The van der Waals surface area contributed by atoms with Gasteiger partial charge in [0.2, 0.25) is 0 Å². The summed E-state index contributed by atoms with van der Waals surface area (Å²) >= 11 is 1.49. The van der Waals surface area contributed by atoms with Gasteiger partial charge in [0.15, 0.2) is 5.13 Å². The average Bonchev–Trinajstić information content (AvgIpc) is 3.09. The van der Waals surface area contributed by atoms with E-state index in [9.17, 15) is 4.79 Å². The van der Waals surface area contributed by atoms with Crippen LogP contribution in [0.1, 0.15) is 15.2 Å². The molecule has 0 aliphatic carbocycles. The largest absolute Gasteiger partial charge is 0.298 e. The Labute approximate surface area is 162 Å². The Kier molecular flexibility index (Phi) is 4.81. The maximum Gasteiger partial charge on any atom is 0.257 e. The van der Waals surface area contributed by atoms with E-state index < -0.39 is 0 Å². The summed E-state index contributed by atoms with van der Waals surface area (Å²) in [5, 5.41) is 3.53. The molecule has 4 aromatic rings. The summed E-state index contributed by atoms with van der Waals surface area (Å²) in [4.78, 5) is 18.3. The van der Waals surface area contributed by atoms with E-state index in [2.05, 4.69) is 22.4 Å². The Bertz CT molecular complexity index is 1050. The van der Waals surface area contributed by atoms with Crippen LogP contribution >= 0.6 is 11.3 Å². The van der Waals surface area contributed by atoms with Gasteiger partial charge in [-0.15, -0.1) is 11.3 Å². The molecule has 27 heavy (non-hydrogen) atoms. The Morgan fingerprint density at radius 3 is 1.96 bits per heavy atom. The minimum absolute atomic E-state index is 0.150. The van der Waals surface area contributed by atoms with Crippen molar-refractivity contribution in [2.24, 2.45) is 0 Å². The van der Waals surface area contributed by atoms with E-state index >= 15 is 0 Å². The standard InChI is InChI=1S/C23H18N2OS/c1-16-21(19-10-6-3-7-11-19)24-23(27-16)25-22(26)20-14-12-18(13-15-20)17-8-4-2-5-9-17/h2-15H,1H3,(H,24,25,26). The van der Waals surface area contributed by atoms with Crippen molar-refractivity contribution in [1.82, 2.24) is 4.98 Å². The molecule has 0 radical (unpaired) electrons. The molecule has 0 saturated heterocycles. The highest BCUT2D eigenvalue weighted by Crippen LogP contribution is 2.30. The monoisotopic (exact) mass is 370 g/mol. The maximum atomic E-state index is 12.6. The summed E-state index contributed by atoms with van der Waals surface area (Å²) in [7, 11) is 0. The van der Waals surface area contributed by atoms with Crippen molar-refractivity contribution >= 4 is 22.4 Å². The van der Waals surface area contributed by atoms with Crippen molar-refractivity contribution in [2.75, 3.05) is 5.32 Å². The van der Waals surface area contributed by atoms with Crippen LogP contribution in [-0.4, -0.2) is 10.9 Å². The smallest absolute Gasteiger partial charge is 0.257 e. The van der Waals surface area contributed by atoms with E-state index in [4.69, 9.17) is 0 Å². The molecule has 0 spiro atoms. The van der Waals surface area contributed by atoms with E-state index in [1.54, 1.807) is 0 Å². The molecule has 4 rings (SSSR count). The van der Waals surface area contributed by atoms with Crippen LogP contribution in [0.5, 0.6) is 0 Å². The molecule has 3 nitrogen and oxygen atoms in total. The number of thiazole rings is 1. The second-order valence-electron chi connectivity index (χ2n) is 6.19. The lowest BCUT2D eigenvalue weighted by Gasteiger charge is -2.04. The predicted molar refractivity (Wildman–Crippen MR) is 112 cm³/mol. The molecule has 3 aromatic carbocycles. The summed E-state index contributed by atoms with van der Waals surface area (Å²) in [6.45, 7) is 2.02. The van der Waals surface area contributed by atoms with Crippen molar-refractivity contribution in [1.29, 1.82) is 0 Å². The molecular formula is C23H18N2OS. The number of amides is 1. The zero-order chi connectivity index (χ0) is 18.6. The lowest BCUT2D eigenvalue weighted by molar-refractivity contribution is 0.102. The first-order valence-electron chi connectivity index (χ1n) is 8.70. The number of anilines is 1. The summed E-state index contributed by atoms with van der Waals surface area (Å²) in [6.07, 6.45) is 0. The molecule has 0 aliphatic heterocycles. The number of nitrogens with one attached hydrogen (secondary N) is 1. The van der Waals surface area contributed by atoms with Crippen LogP contribution in [0.3, 0.4) is 0 Å². The lowest BCUT2D eigenvalue weighted by atomic mass is 10.0. The SMILES string of the molecule is Cc1sc(NC(=O)c2ccc(-c3ccccc3)cc2)nc1-c1ccccc1. The number of benzene rings is 3. The molecule has 132 valence electrons. The third-order valence-corrected chi connectivity index (χ3v) is 5.20. The van der Waals surface area contributed by atoms with E-state index in [1.165, 1.54) is 11.3 Å². The van der Waals surface area contributed by atoms with Gasteiger partial charge in [0, 0.05) is 16.0 Å². The predicted octanol–water partition coefficient (Wildman–Crippen LogP) is 6.04. The lowest BCUT2D eigenvalue weighted by Crippen LogP contribution is -2.11. The molecule has 0 bridgehead atoms. The van der Waals surface area contributed by atoms with E-state index in [0.29, 0.717) is 10.7 Å². The van der Waals surface area contributed by atoms with Gasteiger partial charge in [0.05, 0.1) is 5.69 Å². The van der Waals surface area contributed by atoms with Crippen LogP contribution in [0.4, 0.5) is 5.13 Å². The topological polar surface area (TPSA) is 42.0 Å². The minimum atomic E-state index is -0.150. The van der Waals surface area contributed by atoms with Gasteiger partial charge in [-0.25, -0.2) is 4.98 Å². The quantitative estimate of drug-likeness (QED) is 0.476. The van der Waals surface area contributed by atoms with Crippen LogP contribution in [0.25, 0.3) is 22.4 Å². The fraction of sp³-hybridized carbons (Fsp3) is 0.0435. The summed E-state index contributed by atoms with van der Waals surface area (Å²) < 4.78 is 0. The van der Waals surface area contributed by atoms with Crippen LogP contribution in [-0.2, 0) is 0 Å². The summed E-state index contributed by atoms with van der Waals surface area (Å²) in [5.41, 5.74) is 4.80. The highest BCUT2D eigenvalue weighted by Gasteiger charge is 2.13. The minimum Gasteiger partial charge on any atom is -0.298 e. The second kappa shape index (κ2) is 7.56. The van der Waals surface area contributed by atoms with Gasteiger partial charge >= 0.3 is 0 Å². The maximum absolute atomic E-state index is 12.6. The van der Waals surface area contributed by atoms with Gasteiger partial charge in [0.25, 0.3) is 5.91 Å².